The minimum atomic E-state index is -3.40. The summed E-state index contributed by atoms with van der Waals surface area (Å²) in [7, 11) is -6.74. The highest BCUT2D eigenvalue weighted by Crippen LogP contribution is 2.35. The fraction of sp³-hybridized carbons (Fsp3) is 0.385. The van der Waals surface area contributed by atoms with Gasteiger partial charge in [-0.3, -0.25) is 4.18 Å². The van der Waals surface area contributed by atoms with Crippen molar-refractivity contribution in [1.82, 2.24) is 0 Å². The Morgan fingerprint density at radius 2 is 1.95 bits per heavy atom. The van der Waals surface area contributed by atoms with Gasteiger partial charge >= 0.3 is 0 Å². The zero-order valence-electron chi connectivity index (χ0n) is 11.1. The van der Waals surface area contributed by atoms with Gasteiger partial charge in [-0.15, -0.1) is 0 Å². The van der Waals surface area contributed by atoms with Crippen molar-refractivity contribution in [2.24, 2.45) is 0 Å². The lowest BCUT2D eigenvalue weighted by atomic mass is 10.1. The van der Waals surface area contributed by atoms with E-state index in [4.69, 9.17) is 0 Å². The van der Waals surface area contributed by atoms with Crippen LogP contribution in [0.4, 0.5) is 0 Å². The molecule has 0 saturated heterocycles. The molecule has 0 radical (unpaired) electrons. The van der Waals surface area contributed by atoms with E-state index in [1.807, 2.05) is 6.08 Å². The maximum atomic E-state index is 12.0. The number of sulfone groups is 1. The molecular weight excluding hydrogens is 300 g/mol. The van der Waals surface area contributed by atoms with Crippen LogP contribution in [0.2, 0.25) is 0 Å². The molecule has 2 aliphatic rings. The van der Waals surface area contributed by atoms with E-state index in [0.717, 1.165) is 17.4 Å². The molecule has 0 aromatic heterocycles. The van der Waals surface area contributed by atoms with Crippen molar-refractivity contribution in [2.75, 3.05) is 12.9 Å². The van der Waals surface area contributed by atoms with Crippen LogP contribution in [0.3, 0.4) is 0 Å². The van der Waals surface area contributed by atoms with Gasteiger partial charge in [0.1, 0.15) is 0 Å². The Bertz CT molecular complexity index is 719. The molecule has 0 amide bonds. The number of hydrogen-bond acceptors (Lipinski definition) is 5. The molecular formula is C13H16O5S2. The average molecular weight is 316 g/mol. The van der Waals surface area contributed by atoms with Gasteiger partial charge in [0, 0.05) is 5.41 Å². The summed E-state index contributed by atoms with van der Waals surface area (Å²) in [4.78, 5) is 0.379. The summed E-state index contributed by atoms with van der Waals surface area (Å²) < 4.78 is 50.1. The normalized spacial score (nSPS) is 20.1. The first-order valence-corrected chi connectivity index (χ1v) is 9.55. The van der Waals surface area contributed by atoms with Crippen LogP contribution in [0.15, 0.2) is 45.8 Å². The molecule has 1 aliphatic carbocycles. The lowest BCUT2D eigenvalue weighted by Crippen LogP contribution is -2.06. The van der Waals surface area contributed by atoms with Gasteiger partial charge in [0.2, 0.25) is 9.84 Å². The van der Waals surface area contributed by atoms with Crippen LogP contribution >= 0.6 is 0 Å². The molecule has 0 fully saturated rings. The predicted octanol–water partition coefficient (Wildman–Crippen LogP) is 1.83. The highest BCUT2D eigenvalue weighted by atomic mass is 32.2. The molecule has 20 heavy (non-hydrogen) atoms. The Labute approximate surface area is 119 Å². The van der Waals surface area contributed by atoms with Crippen LogP contribution in [0.1, 0.15) is 19.3 Å². The van der Waals surface area contributed by atoms with Crippen LogP contribution in [0.25, 0.3) is 0 Å². The molecule has 110 valence electrons. The van der Waals surface area contributed by atoms with Crippen molar-refractivity contribution in [3.05, 3.63) is 45.8 Å². The van der Waals surface area contributed by atoms with Gasteiger partial charge in [0.15, 0.2) is 0 Å². The van der Waals surface area contributed by atoms with Gasteiger partial charge in [0.25, 0.3) is 10.1 Å². The zero-order chi connectivity index (χ0) is 14.8. The van der Waals surface area contributed by atoms with Crippen LogP contribution in [-0.4, -0.2) is 29.7 Å². The van der Waals surface area contributed by atoms with E-state index >= 15 is 0 Å². The van der Waals surface area contributed by atoms with E-state index in [-0.39, 0.29) is 6.61 Å². The first kappa shape index (κ1) is 15.2. The van der Waals surface area contributed by atoms with E-state index in [2.05, 4.69) is 4.18 Å². The molecule has 1 heterocycles. The van der Waals surface area contributed by atoms with Crippen molar-refractivity contribution >= 4 is 20.0 Å². The summed E-state index contributed by atoms with van der Waals surface area (Å²) in [6, 6.07) is 0. The number of rotatable bonds is 6. The second-order valence-electron chi connectivity index (χ2n) is 4.67. The maximum Gasteiger partial charge on any atom is 0.264 e. The van der Waals surface area contributed by atoms with Gasteiger partial charge in [-0.2, -0.15) is 8.42 Å². The molecule has 0 unspecified atom stereocenters. The van der Waals surface area contributed by atoms with E-state index in [1.54, 1.807) is 12.2 Å². The summed E-state index contributed by atoms with van der Waals surface area (Å²) in [6.07, 6.45) is 9.73. The third-order valence-electron chi connectivity index (χ3n) is 2.97. The Balaban J connectivity index is 1.95. The van der Waals surface area contributed by atoms with Crippen LogP contribution in [-0.2, 0) is 24.1 Å². The molecule has 0 spiro atoms. The lowest BCUT2D eigenvalue weighted by molar-refractivity contribution is 0.312. The van der Waals surface area contributed by atoms with Gasteiger partial charge in [0.05, 0.1) is 17.8 Å². The number of unbranched alkanes of at least 4 members (excludes halogenated alkanes) is 1. The van der Waals surface area contributed by atoms with Gasteiger partial charge in [-0.25, -0.2) is 8.42 Å². The topological polar surface area (TPSA) is 77.5 Å². The molecule has 0 aromatic carbocycles. The minimum Gasteiger partial charge on any atom is -0.270 e. The van der Waals surface area contributed by atoms with E-state index in [9.17, 15) is 16.8 Å². The molecule has 0 bridgehead atoms. The summed E-state index contributed by atoms with van der Waals surface area (Å²) in [5, 5.41) is 1.20. The maximum absolute atomic E-state index is 12.0. The van der Waals surface area contributed by atoms with Gasteiger partial charge < -0.3 is 0 Å². The van der Waals surface area contributed by atoms with Crippen LogP contribution < -0.4 is 0 Å². The van der Waals surface area contributed by atoms with Gasteiger partial charge in [-0.1, -0.05) is 18.2 Å². The molecule has 0 atom stereocenters. The summed E-state index contributed by atoms with van der Waals surface area (Å²) in [5.74, 6) is 0. The highest BCUT2D eigenvalue weighted by Gasteiger charge is 2.26. The molecule has 2 rings (SSSR count). The van der Waals surface area contributed by atoms with E-state index in [0.29, 0.717) is 24.2 Å². The summed E-state index contributed by atoms with van der Waals surface area (Å²) in [6.45, 7) is 0.126. The Hall–Kier alpha value is -1.18. The minimum absolute atomic E-state index is 0.126. The average Bonchev–Trinajstić information content (AvgIpc) is 2.71. The SMILES string of the molecule is CS(=O)(=O)OCCCCC1=C2C(=CC=CS2(=O)=O)C=C1. The second-order valence-corrected chi connectivity index (χ2v) is 8.08. The summed E-state index contributed by atoms with van der Waals surface area (Å²) >= 11 is 0. The smallest absolute Gasteiger partial charge is 0.264 e. The Morgan fingerprint density at radius 1 is 1.20 bits per heavy atom. The van der Waals surface area contributed by atoms with Crippen molar-refractivity contribution in [3.8, 4) is 0 Å². The zero-order valence-corrected chi connectivity index (χ0v) is 12.7. The number of fused-ring (bicyclic) bond motifs is 1. The molecule has 0 aromatic rings. The molecule has 0 N–H and O–H groups in total. The summed E-state index contributed by atoms with van der Waals surface area (Å²) in [5.41, 5.74) is 1.50. The third kappa shape index (κ3) is 3.68. The molecule has 5 nitrogen and oxygen atoms in total. The molecule has 1 aliphatic heterocycles. The Morgan fingerprint density at radius 3 is 2.65 bits per heavy atom. The largest absolute Gasteiger partial charge is 0.270 e. The Kier molecular flexibility index (Phi) is 4.31. The van der Waals surface area contributed by atoms with E-state index in [1.165, 1.54) is 11.5 Å². The third-order valence-corrected chi connectivity index (χ3v) is 5.15. The first-order valence-electron chi connectivity index (χ1n) is 6.19. The number of hydrogen-bond donors (Lipinski definition) is 0. The quantitative estimate of drug-likeness (QED) is 0.552. The van der Waals surface area contributed by atoms with Gasteiger partial charge in [-0.05, 0) is 36.5 Å². The van der Waals surface area contributed by atoms with E-state index < -0.39 is 20.0 Å². The standard InChI is InChI=1S/C13H16O5S2/c1-19(14,15)18-9-3-2-5-11-7-8-12-6-4-10-20(16,17)13(11)12/h4,6-8,10H,2-3,5,9H2,1H3. The van der Waals surface area contributed by atoms with Crippen molar-refractivity contribution in [3.63, 3.8) is 0 Å². The first-order chi connectivity index (χ1) is 9.30. The van der Waals surface area contributed by atoms with Crippen molar-refractivity contribution in [2.45, 2.75) is 19.3 Å². The van der Waals surface area contributed by atoms with Crippen molar-refractivity contribution < 1.29 is 21.0 Å². The van der Waals surface area contributed by atoms with Crippen molar-refractivity contribution in [1.29, 1.82) is 0 Å². The lowest BCUT2D eigenvalue weighted by Gasteiger charge is -2.10. The fourth-order valence-electron chi connectivity index (χ4n) is 2.14. The second kappa shape index (κ2) is 5.67. The van der Waals surface area contributed by atoms with Crippen LogP contribution in [0, 0.1) is 0 Å². The highest BCUT2D eigenvalue weighted by molar-refractivity contribution is 7.98. The molecule has 0 saturated carbocycles. The number of allylic oxidation sites excluding steroid dienone is 6. The predicted molar refractivity (Wildman–Crippen MR) is 77.0 cm³/mol. The van der Waals surface area contributed by atoms with Crippen LogP contribution in [0.5, 0.6) is 0 Å². The molecule has 7 heteroatoms. The fourth-order valence-corrected chi connectivity index (χ4v) is 3.99. The monoisotopic (exact) mass is 316 g/mol.